The standard InChI is InChI=1S/C43H27N3OS/c1-2-9-27(10-3-1)41-44-42(46-43(45-41)30-21-22-39-35(25-30)33-11-5-7-16-38(33)48-39)29-20-18-26-17-19-28(23-31(26)24-29)32-13-8-15-37-40(32)34-12-4-6-14-36(34)47-37/h1-25,41H,(H,44,45,46). The number of furan rings is 1. The molecule has 4 nitrogen and oxygen atoms in total. The van der Waals surface area contributed by atoms with Gasteiger partial charge < -0.3 is 9.73 Å². The average molecular weight is 634 g/mol. The van der Waals surface area contributed by atoms with Crippen LogP contribution >= 0.6 is 11.3 Å². The molecule has 3 heterocycles. The van der Waals surface area contributed by atoms with Gasteiger partial charge in [-0.15, -0.1) is 11.3 Å². The second-order valence-corrected chi connectivity index (χ2v) is 13.3. The van der Waals surface area contributed by atoms with Crippen LogP contribution in [0.25, 0.3) is 64.0 Å². The first-order valence-corrected chi connectivity index (χ1v) is 16.9. The minimum atomic E-state index is -0.266. The summed E-state index contributed by atoms with van der Waals surface area (Å²) >= 11 is 1.82. The zero-order valence-corrected chi connectivity index (χ0v) is 26.5. The highest BCUT2D eigenvalue weighted by Crippen LogP contribution is 2.38. The summed E-state index contributed by atoms with van der Waals surface area (Å²) in [4.78, 5) is 10.3. The number of fused-ring (bicyclic) bond motifs is 7. The lowest BCUT2D eigenvalue weighted by atomic mass is 9.96. The van der Waals surface area contributed by atoms with Crippen molar-refractivity contribution in [2.75, 3.05) is 0 Å². The number of benzene rings is 7. The van der Waals surface area contributed by atoms with Crippen molar-refractivity contribution in [2.24, 2.45) is 9.98 Å². The third-order valence-electron chi connectivity index (χ3n) is 9.32. The Morgan fingerprint density at radius 2 is 1.27 bits per heavy atom. The van der Waals surface area contributed by atoms with E-state index >= 15 is 0 Å². The number of nitrogens with one attached hydrogen (secondary N) is 1. The fourth-order valence-corrected chi connectivity index (χ4v) is 8.06. The van der Waals surface area contributed by atoms with E-state index in [9.17, 15) is 0 Å². The predicted molar refractivity (Wildman–Crippen MR) is 201 cm³/mol. The smallest absolute Gasteiger partial charge is 0.159 e. The van der Waals surface area contributed by atoms with E-state index in [1.165, 1.54) is 25.6 Å². The molecule has 5 heteroatoms. The number of thiophene rings is 1. The van der Waals surface area contributed by atoms with Gasteiger partial charge in [-0.25, -0.2) is 9.98 Å². The van der Waals surface area contributed by atoms with Gasteiger partial charge in [-0.2, -0.15) is 0 Å². The lowest BCUT2D eigenvalue weighted by Crippen LogP contribution is -2.33. The Morgan fingerprint density at radius 3 is 2.19 bits per heavy atom. The largest absolute Gasteiger partial charge is 0.456 e. The number of para-hydroxylation sites is 1. The van der Waals surface area contributed by atoms with Gasteiger partial charge in [0.25, 0.3) is 0 Å². The molecule has 9 aromatic rings. The topological polar surface area (TPSA) is 49.9 Å². The molecule has 48 heavy (non-hydrogen) atoms. The Hall–Kier alpha value is -6.04. The summed E-state index contributed by atoms with van der Waals surface area (Å²) in [6.45, 7) is 0. The molecule has 0 saturated carbocycles. The van der Waals surface area contributed by atoms with E-state index in [0.29, 0.717) is 0 Å². The highest BCUT2D eigenvalue weighted by Gasteiger charge is 2.22. The van der Waals surface area contributed by atoms with Crippen molar-refractivity contribution in [3.8, 4) is 11.1 Å². The summed E-state index contributed by atoms with van der Waals surface area (Å²) in [7, 11) is 0. The molecule has 1 atom stereocenters. The van der Waals surface area contributed by atoms with Gasteiger partial charge in [-0.1, -0.05) is 103 Å². The Balaban J connectivity index is 1.10. The highest BCUT2D eigenvalue weighted by molar-refractivity contribution is 7.25. The van der Waals surface area contributed by atoms with Crippen LogP contribution in [-0.4, -0.2) is 11.7 Å². The summed E-state index contributed by atoms with van der Waals surface area (Å²) in [6, 6.07) is 53.4. The molecule has 0 aliphatic carbocycles. The van der Waals surface area contributed by atoms with Crippen molar-refractivity contribution in [3.05, 3.63) is 168 Å². The predicted octanol–water partition coefficient (Wildman–Crippen LogP) is 11.3. The molecule has 2 aromatic heterocycles. The first-order valence-electron chi connectivity index (χ1n) is 16.1. The van der Waals surface area contributed by atoms with Crippen LogP contribution in [0.2, 0.25) is 0 Å². The molecule has 0 saturated heterocycles. The van der Waals surface area contributed by atoms with E-state index in [1.807, 2.05) is 35.6 Å². The lowest BCUT2D eigenvalue weighted by molar-refractivity contribution is 0.669. The maximum atomic E-state index is 6.20. The summed E-state index contributed by atoms with van der Waals surface area (Å²) in [5.74, 6) is 1.53. The van der Waals surface area contributed by atoms with Crippen molar-refractivity contribution in [3.63, 3.8) is 0 Å². The number of aliphatic imine (C=N–C) groups is 2. The zero-order valence-electron chi connectivity index (χ0n) is 25.7. The Bertz CT molecular complexity index is 2770. The molecule has 1 N–H and O–H groups in total. The third kappa shape index (κ3) is 4.43. The van der Waals surface area contributed by atoms with Crippen LogP contribution in [0.5, 0.6) is 0 Å². The minimum absolute atomic E-state index is 0.266. The first kappa shape index (κ1) is 27.1. The van der Waals surface area contributed by atoms with Gasteiger partial charge in [-0.3, -0.25) is 0 Å². The van der Waals surface area contributed by atoms with Gasteiger partial charge in [0, 0.05) is 42.1 Å². The quantitative estimate of drug-likeness (QED) is 0.210. The number of hydrogen-bond donors (Lipinski definition) is 1. The SMILES string of the molecule is c1ccc(C2N=C(c3ccc4sc5ccccc5c4c3)N=C(c3ccc4ccc(-c5cccc6oc7ccccc7c56)cc4c3)N2)cc1. The van der Waals surface area contributed by atoms with E-state index in [0.717, 1.165) is 66.8 Å². The maximum Gasteiger partial charge on any atom is 0.159 e. The fraction of sp³-hybridized carbons (Fsp3) is 0.0233. The van der Waals surface area contributed by atoms with Crippen molar-refractivity contribution >= 4 is 75.9 Å². The van der Waals surface area contributed by atoms with Gasteiger partial charge in [0.1, 0.15) is 23.2 Å². The van der Waals surface area contributed by atoms with E-state index in [-0.39, 0.29) is 6.17 Å². The van der Waals surface area contributed by atoms with Crippen molar-refractivity contribution in [1.29, 1.82) is 0 Å². The van der Waals surface area contributed by atoms with Gasteiger partial charge in [-0.05, 0) is 76.0 Å². The Kier molecular flexibility index (Phi) is 6.08. The number of rotatable bonds is 4. The fourth-order valence-electron chi connectivity index (χ4n) is 6.97. The van der Waals surface area contributed by atoms with Gasteiger partial charge in [0.15, 0.2) is 5.84 Å². The van der Waals surface area contributed by atoms with Crippen LogP contribution in [0.3, 0.4) is 0 Å². The molecule has 226 valence electrons. The molecule has 0 spiro atoms. The van der Waals surface area contributed by atoms with Crippen LogP contribution in [0.4, 0.5) is 0 Å². The van der Waals surface area contributed by atoms with Crippen molar-refractivity contribution < 1.29 is 4.42 Å². The molecular formula is C43H27N3OS. The molecule has 0 fully saturated rings. The van der Waals surface area contributed by atoms with E-state index in [2.05, 4.69) is 133 Å². The van der Waals surface area contributed by atoms with Crippen molar-refractivity contribution in [2.45, 2.75) is 6.17 Å². The van der Waals surface area contributed by atoms with Gasteiger partial charge in [0.2, 0.25) is 0 Å². The summed E-state index contributed by atoms with van der Waals surface area (Å²) in [5, 5.41) is 10.7. The molecular weight excluding hydrogens is 607 g/mol. The second-order valence-electron chi connectivity index (χ2n) is 12.2. The summed E-state index contributed by atoms with van der Waals surface area (Å²) in [5.41, 5.74) is 7.23. The Labute approximate surface area is 280 Å². The minimum Gasteiger partial charge on any atom is -0.456 e. The average Bonchev–Trinajstić information content (AvgIpc) is 3.73. The molecule has 0 bridgehead atoms. The first-order chi connectivity index (χ1) is 23.7. The molecule has 10 rings (SSSR count). The third-order valence-corrected chi connectivity index (χ3v) is 10.5. The Morgan fingerprint density at radius 1 is 0.542 bits per heavy atom. The zero-order chi connectivity index (χ0) is 31.6. The van der Waals surface area contributed by atoms with Crippen LogP contribution in [0.1, 0.15) is 22.9 Å². The molecule has 7 aromatic carbocycles. The molecule has 1 aliphatic rings. The van der Waals surface area contributed by atoms with Crippen LogP contribution < -0.4 is 5.32 Å². The summed E-state index contributed by atoms with van der Waals surface area (Å²) in [6.07, 6.45) is -0.266. The summed E-state index contributed by atoms with van der Waals surface area (Å²) < 4.78 is 8.75. The van der Waals surface area contributed by atoms with Gasteiger partial charge in [0.05, 0.1) is 0 Å². The second kappa shape index (κ2) is 10.8. The number of nitrogens with zero attached hydrogens (tertiary/aromatic N) is 2. The van der Waals surface area contributed by atoms with Crippen LogP contribution in [0, 0.1) is 0 Å². The van der Waals surface area contributed by atoms with E-state index in [4.69, 9.17) is 14.4 Å². The molecule has 0 radical (unpaired) electrons. The molecule has 1 aliphatic heterocycles. The molecule has 0 amide bonds. The van der Waals surface area contributed by atoms with Crippen LogP contribution in [0.15, 0.2) is 166 Å². The monoisotopic (exact) mass is 633 g/mol. The van der Waals surface area contributed by atoms with E-state index < -0.39 is 0 Å². The van der Waals surface area contributed by atoms with Gasteiger partial charge >= 0.3 is 0 Å². The van der Waals surface area contributed by atoms with Crippen LogP contribution in [-0.2, 0) is 0 Å². The highest BCUT2D eigenvalue weighted by atomic mass is 32.1. The number of hydrogen-bond acceptors (Lipinski definition) is 5. The number of amidine groups is 2. The van der Waals surface area contributed by atoms with Crippen molar-refractivity contribution in [1.82, 2.24) is 5.32 Å². The van der Waals surface area contributed by atoms with E-state index in [1.54, 1.807) is 0 Å². The molecule has 1 unspecified atom stereocenters. The normalized spacial score (nSPS) is 14.9. The lowest BCUT2D eigenvalue weighted by Gasteiger charge is -2.24. The maximum absolute atomic E-state index is 6.20.